The van der Waals surface area contributed by atoms with Gasteiger partial charge in [-0.05, 0) is 11.4 Å². The van der Waals surface area contributed by atoms with E-state index in [4.69, 9.17) is 17.4 Å². The number of nitrogens with one attached hydrogen (secondary N) is 1. The summed E-state index contributed by atoms with van der Waals surface area (Å²) in [5.41, 5.74) is 3.74. The normalized spacial score (nSPS) is 13.0. The van der Waals surface area contributed by atoms with Crippen LogP contribution in [0.1, 0.15) is 16.6 Å². The standard InChI is InChI=1S/C9H11ClN4S/c1-14-5-12-4-7(14)8(13-11)9-6(10)2-3-15-9/h2-5,8,13H,11H2,1H3. The summed E-state index contributed by atoms with van der Waals surface area (Å²) in [6.07, 6.45) is 3.52. The first kappa shape index (κ1) is 10.6. The molecule has 2 aromatic heterocycles. The lowest BCUT2D eigenvalue weighted by atomic mass is 10.2. The maximum absolute atomic E-state index is 6.07. The molecule has 15 heavy (non-hydrogen) atoms. The fraction of sp³-hybridized carbons (Fsp3) is 0.222. The van der Waals surface area contributed by atoms with E-state index in [1.54, 1.807) is 23.9 Å². The monoisotopic (exact) mass is 242 g/mol. The minimum absolute atomic E-state index is 0.106. The molecule has 0 aromatic carbocycles. The molecule has 0 saturated carbocycles. The van der Waals surface area contributed by atoms with Gasteiger partial charge in [0.2, 0.25) is 0 Å². The zero-order valence-electron chi connectivity index (χ0n) is 8.14. The summed E-state index contributed by atoms with van der Waals surface area (Å²) >= 11 is 7.64. The first-order valence-electron chi connectivity index (χ1n) is 4.39. The van der Waals surface area contributed by atoms with Gasteiger partial charge in [-0.1, -0.05) is 11.6 Å². The van der Waals surface area contributed by atoms with Crippen LogP contribution in [0, 0.1) is 0 Å². The minimum Gasteiger partial charge on any atom is -0.336 e. The van der Waals surface area contributed by atoms with Gasteiger partial charge in [0.15, 0.2) is 0 Å². The van der Waals surface area contributed by atoms with Gasteiger partial charge in [-0.25, -0.2) is 10.4 Å². The molecule has 3 N–H and O–H groups in total. The molecule has 6 heteroatoms. The van der Waals surface area contributed by atoms with E-state index < -0.39 is 0 Å². The Hall–Kier alpha value is -0.880. The van der Waals surface area contributed by atoms with E-state index in [0.717, 1.165) is 15.6 Å². The predicted octanol–water partition coefficient (Wildman–Crippen LogP) is 1.69. The van der Waals surface area contributed by atoms with E-state index in [1.165, 1.54) is 0 Å². The van der Waals surface area contributed by atoms with Crippen molar-refractivity contribution < 1.29 is 0 Å². The molecular formula is C9H11ClN4S. The smallest absolute Gasteiger partial charge is 0.0983 e. The van der Waals surface area contributed by atoms with Crippen molar-refractivity contribution in [3.05, 3.63) is 39.6 Å². The molecule has 0 saturated heterocycles. The average Bonchev–Trinajstić information content (AvgIpc) is 2.80. The second-order valence-corrected chi connectivity index (χ2v) is 4.52. The van der Waals surface area contributed by atoms with E-state index in [-0.39, 0.29) is 6.04 Å². The predicted molar refractivity (Wildman–Crippen MR) is 61.7 cm³/mol. The van der Waals surface area contributed by atoms with Crippen molar-refractivity contribution in [1.82, 2.24) is 15.0 Å². The van der Waals surface area contributed by atoms with Gasteiger partial charge in [0.25, 0.3) is 0 Å². The van der Waals surface area contributed by atoms with E-state index in [0.29, 0.717) is 0 Å². The summed E-state index contributed by atoms with van der Waals surface area (Å²) in [7, 11) is 1.92. The lowest BCUT2D eigenvalue weighted by Crippen LogP contribution is -2.29. The number of aromatic nitrogens is 2. The molecule has 0 aliphatic rings. The SMILES string of the molecule is Cn1cncc1C(NN)c1sccc1Cl. The molecule has 0 amide bonds. The molecular weight excluding hydrogens is 232 g/mol. The molecule has 2 rings (SSSR count). The lowest BCUT2D eigenvalue weighted by Gasteiger charge is -2.15. The van der Waals surface area contributed by atoms with Gasteiger partial charge in [-0.15, -0.1) is 11.3 Å². The molecule has 0 bridgehead atoms. The van der Waals surface area contributed by atoms with Crippen LogP contribution in [0.25, 0.3) is 0 Å². The van der Waals surface area contributed by atoms with Gasteiger partial charge in [-0.2, -0.15) is 0 Å². The molecule has 2 aromatic rings. The molecule has 4 nitrogen and oxygen atoms in total. The van der Waals surface area contributed by atoms with Crippen molar-refractivity contribution in [2.75, 3.05) is 0 Å². The van der Waals surface area contributed by atoms with Crippen molar-refractivity contribution in [2.45, 2.75) is 6.04 Å². The second kappa shape index (κ2) is 4.32. The van der Waals surface area contributed by atoms with E-state index in [9.17, 15) is 0 Å². The van der Waals surface area contributed by atoms with Gasteiger partial charge in [0.05, 0.1) is 29.3 Å². The van der Waals surface area contributed by atoms with Crippen molar-refractivity contribution in [3.63, 3.8) is 0 Å². The first-order valence-corrected chi connectivity index (χ1v) is 5.65. The topological polar surface area (TPSA) is 55.9 Å². The van der Waals surface area contributed by atoms with E-state index in [1.807, 2.05) is 23.1 Å². The third kappa shape index (κ3) is 1.91. The zero-order valence-corrected chi connectivity index (χ0v) is 9.72. The Morgan fingerprint density at radius 2 is 2.47 bits per heavy atom. The Labute approximate surface area is 96.7 Å². The Kier molecular flexibility index (Phi) is 3.06. The van der Waals surface area contributed by atoms with Crippen LogP contribution >= 0.6 is 22.9 Å². The molecule has 0 spiro atoms. The summed E-state index contributed by atoms with van der Waals surface area (Å²) in [5, 5.41) is 2.67. The van der Waals surface area contributed by atoms with Gasteiger partial charge in [0, 0.05) is 11.9 Å². The number of thiophene rings is 1. The van der Waals surface area contributed by atoms with E-state index in [2.05, 4.69) is 10.4 Å². The van der Waals surface area contributed by atoms with Crippen LogP contribution in [0.3, 0.4) is 0 Å². The highest BCUT2D eigenvalue weighted by Crippen LogP contribution is 2.31. The summed E-state index contributed by atoms with van der Waals surface area (Å²) in [5.74, 6) is 5.55. The molecule has 0 radical (unpaired) electrons. The Bertz CT molecular complexity index is 410. The Balaban J connectivity index is 2.41. The average molecular weight is 243 g/mol. The molecule has 1 unspecified atom stereocenters. The number of rotatable bonds is 3. The quantitative estimate of drug-likeness (QED) is 0.636. The van der Waals surface area contributed by atoms with Crippen LogP contribution in [-0.4, -0.2) is 9.55 Å². The van der Waals surface area contributed by atoms with Crippen molar-refractivity contribution >= 4 is 22.9 Å². The number of nitrogens with zero attached hydrogens (tertiary/aromatic N) is 2. The molecule has 0 fully saturated rings. The largest absolute Gasteiger partial charge is 0.336 e. The fourth-order valence-electron chi connectivity index (χ4n) is 1.45. The highest BCUT2D eigenvalue weighted by molar-refractivity contribution is 7.10. The van der Waals surface area contributed by atoms with Crippen molar-refractivity contribution in [2.24, 2.45) is 12.9 Å². The third-order valence-electron chi connectivity index (χ3n) is 2.22. The highest BCUT2D eigenvalue weighted by atomic mass is 35.5. The van der Waals surface area contributed by atoms with Crippen LogP contribution in [0.15, 0.2) is 24.0 Å². The maximum Gasteiger partial charge on any atom is 0.0983 e. The molecule has 1 atom stereocenters. The minimum atomic E-state index is -0.106. The number of halogens is 1. The van der Waals surface area contributed by atoms with Crippen LogP contribution < -0.4 is 11.3 Å². The second-order valence-electron chi connectivity index (χ2n) is 3.16. The zero-order chi connectivity index (χ0) is 10.8. The molecule has 0 aliphatic carbocycles. The van der Waals surface area contributed by atoms with E-state index >= 15 is 0 Å². The maximum atomic E-state index is 6.07. The number of hydrogen-bond acceptors (Lipinski definition) is 4. The number of hydrogen-bond donors (Lipinski definition) is 2. The number of aryl methyl sites for hydroxylation is 1. The fourth-order valence-corrected chi connectivity index (χ4v) is 2.69. The first-order chi connectivity index (χ1) is 7.24. The lowest BCUT2D eigenvalue weighted by molar-refractivity contribution is 0.605. The van der Waals surface area contributed by atoms with Crippen LogP contribution in [0.2, 0.25) is 5.02 Å². The number of imidazole rings is 1. The van der Waals surface area contributed by atoms with Gasteiger partial charge < -0.3 is 4.57 Å². The highest BCUT2D eigenvalue weighted by Gasteiger charge is 2.19. The summed E-state index contributed by atoms with van der Waals surface area (Å²) < 4.78 is 1.92. The van der Waals surface area contributed by atoms with Crippen molar-refractivity contribution in [3.8, 4) is 0 Å². The molecule has 2 heterocycles. The van der Waals surface area contributed by atoms with Gasteiger partial charge >= 0.3 is 0 Å². The summed E-state index contributed by atoms with van der Waals surface area (Å²) in [6, 6.07) is 1.76. The van der Waals surface area contributed by atoms with Crippen molar-refractivity contribution in [1.29, 1.82) is 0 Å². The Morgan fingerprint density at radius 1 is 1.67 bits per heavy atom. The van der Waals surface area contributed by atoms with Crippen LogP contribution in [0.4, 0.5) is 0 Å². The molecule has 0 aliphatic heterocycles. The van der Waals surface area contributed by atoms with Crippen LogP contribution in [-0.2, 0) is 7.05 Å². The number of hydrazine groups is 1. The van der Waals surface area contributed by atoms with Crippen LogP contribution in [0.5, 0.6) is 0 Å². The summed E-state index contributed by atoms with van der Waals surface area (Å²) in [4.78, 5) is 5.06. The third-order valence-corrected chi connectivity index (χ3v) is 3.65. The molecule has 80 valence electrons. The summed E-state index contributed by atoms with van der Waals surface area (Å²) in [6.45, 7) is 0. The van der Waals surface area contributed by atoms with Gasteiger partial charge in [0.1, 0.15) is 0 Å². The Morgan fingerprint density at radius 3 is 2.93 bits per heavy atom. The van der Waals surface area contributed by atoms with Gasteiger partial charge in [-0.3, -0.25) is 5.84 Å². The number of nitrogens with two attached hydrogens (primary N) is 1.